The van der Waals surface area contributed by atoms with Crippen LogP contribution < -0.4 is 4.31 Å². The Labute approximate surface area is 135 Å². The van der Waals surface area contributed by atoms with Gasteiger partial charge in [0.1, 0.15) is 4.21 Å². The summed E-state index contributed by atoms with van der Waals surface area (Å²) in [7, 11) is -3.52. The van der Waals surface area contributed by atoms with Crippen molar-refractivity contribution >= 4 is 38.6 Å². The summed E-state index contributed by atoms with van der Waals surface area (Å²) in [6.07, 6.45) is 1.76. The molecule has 2 rings (SSSR count). The Morgan fingerprint density at radius 1 is 1.14 bits per heavy atom. The molecule has 0 saturated carbocycles. The number of thiophene rings is 1. The number of nitrogens with zero attached hydrogens (tertiary/aromatic N) is 1. The van der Waals surface area contributed by atoms with Crippen molar-refractivity contribution in [1.82, 2.24) is 0 Å². The molecule has 0 aliphatic rings. The van der Waals surface area contributed by atoms with Crippen molar-refractivity contribution in [3.05, 3.63) is 47.3 Å². The Balaban J connectivity index is 2.39. The van der Waals surface area contributed by atoms with Gasteiger partial charge in [-0.2, -0.15) is 0 Å². The molecule has 0 radical (unpaired) electrons. The first-order valence-electron chi connectivity index (χ1n) is 6.82. The highest BCUT2D eigenvalue weighted by Gasteiger charge is 2.26. The quantitative estimate of drug-likeness (QED) is 0.695. The molecule has 21 heavy (non-hydrogen) atoms. The molecule has 1 heterocycles. The predicted octanol–water partition coefficient (Wildman–Crippen LogP) is 4.48. The molecule has 1 aromatic heterocycles. The normalized spacial score (nSPS) is 11.5. The summed E-state index contributed by atoms with van der Waals surface area (Å²) in [5, 5.41) is 0. The fraction of sp³-hybridized carbons (Fsp3) is 0.333. The number of rotatable bonds is 7. The van der Waals surface area contributed by atoms with E-state index in [9.17, 15) is 8.42 Å². The number of sulfonamides is 1. The van der Waals surface area contributed by atoms with Gasteiger partial charge in [-0.25, -0.2) is 8.42 Å². The van der Waals surface area contributed by atoms with Crippen LogP contribution in [0.1, 0.15) is 24.6 Å². The van der Waals surface area contributed by atoms with Gasteiger partial charge in [-0.15, -0.1) is 22.9 Å². The maximum absolute atomic E-state index is 12.9. The van der Waals surface area contributed by atoms with E-state index in [0.29, 0.717) is 22.3 Å². The molecule has 0 N–H and O–H groups in total. The van der Waals surface area contributed by atoms with Gasteiger partial charge < -0.3 is 0 Å². The van der Waals surface area contributed by atoms with E-state index in [4.69, 9.17) is 11.6 Å². The minimum absolute atomic E-state index is 0.334. The fourth-order valence-corrected chi connectivity index (χ4v) is 5.04. The number of anilines is 1. The molecule has 0 saturated heterocycles. The van der Waals surface area contributed by atoms with Crippen LogP contribution in [0.3, 0.4) is 0 Å². The molecule has 1 aromatic carbocycles. The summed E-state index contributed by atoms with van der Waals surface area (Å²) in [6.45, 7) is 2.53. The highest BCUT2D eigenvalue weighted by Crippen LogP contribution is 2.29. The Morgan fingerprint density at radius 2 is 1.86 bits per heavy atom. The number of hydrogen-bond donors (Lipinski definition) is 0. The standard InChI is InChI=1S/C15H18ClNO2S2/c1-2-3-11-17(13-7-5-4-6-8-13)21(18,19)15-10-9-14(12-16)20-15/h4-10H,2-3,11-12H2,1H3. The van der Waals surface area contributed by atoms with E-state index in [1.54, 1.807) is 12.1 Å². The van der Waals surface area contributed by atoms with Crippen LogP contribution >= 0.6 is 22.9 Å². The van der Waals surface area contributed by atoms with Gasteiger partial charge in [0.25, 0.3) is 10.0 Å². The smallest absolute Gasteiger partial charge is 0.266 e. The molecule has 2 aromatic rings. The maximum Gasteiger partial charge on any atom is 0.273 e. The minimum Gasteiger partial charge on any atom is -0.266 e. The second-order valence-corrected chi connectivity index (χ2v) is 8.15. The second kappa shape index (κ2) is 7.29. The minimum atomic E-state index is -3.52. The largest absolute Gasteiger partial charge is 0.273 e. The maximum atomic E-state index is 12.9. The van der Waals surface area contributed by atoms with Crippen LogP contribution in [0, 0.1) is 0 Å². The predicted molar refractivity (Wildman–Crippen MR) is 89.8 cm³/mol. The van der Waals surface area contributed by atoms with Crippen LogP contribution in [0.15, 0.2) is 46.7 Å². The van der Waals surface area contributed by atoms with E-state index < -0.39 is 10.0 Å². The summed E-state index contributed by atoms with van der Waals surface area (Å²) in [5.41, 5.74) is 0.701. The van der Waals surface area contributed by atoms with E-state index in [0.717, 1.165) is 17.7 Å². The van der Waals surface area contributed by atoms with E-state index in [-0.39, 0.29) is 0 Å². The monoisotopic (exact) mass is 343 g/mol. The molecule has 0 spiro atoms. The van der Waals surface area contributed by atoms with Crippen molar-refractivity contribution in [1.29, 1.82) is 0 Å². The lowest BCUT2D eigenvalue weighted by Gasteiger charge is -2.23. The summed E-state index contributed by atoms with van der Waals surface area (Å²) in [5.74, 6) is 0.334. The Hall–Kier alpha value is -1.04. The van der Waals surface area contributed by atoms with E-state index in [2.05, 4.69) is 0 Å². The second-order valence-electron chi connectivity index (χ2n) is 4.62. The van der Waals surface area contributed by atoms with Crippen molar-refractivity contribution < 1.29 is 8.42 Å². The van der Waals surface area contributed by atoms with Gasteiger partial charge in [-0.05, 0) is 30.7 Å². The number of halogens is 1. The van der Waals surface area contributed by atoms with Crippen molar-refractivity contribution in [2.24, 2.45) is 0 Å². The number of para-hydroxylation sites is 1. The summed E-state index contributed by atoms with van der Waals surface area (Å²) < 4.78 is 27.6. The molecule has 6 heteroatoms. The van der Waals surface area contributed by atoms with Crippen LogP contribution in [-0.2, 0) is 15.9 Å². The van der Waals surface area contributed by atoms with Crippen molar-refractivity contribution in [2.75, 3.05) is 10.8 Å². The third kappa shape index (κ3) is 3.78. The van der Waals surface area contributed by atoms with Crippen molar-refractivity contribution in [3.8, 4) is 0 Å². The molecule has 0 fully saturated rings. The highest BCUT2D eigenvalue weighted by molar-refractivity contribution is 7.94. The van der Waals surface area contributed by atoms with Gasteiger partial charge in [0.05, 0.1) is 11.6 Å². The summed E-state index contributed by atoms with van der Waals surface area (Å²) in [4.78, 5) is 0.860. The zero-order valence-corrected chi connectivity index (χ0v) is 14.2. The number of benzene rings is 1. The van der Waals surface area contributed by atoms with Crippen LogP contribution in [-0.4, -0.2) is 15.0 Å². The molecular formula is C15H18ClNO2S2. The zero-order valence-electron chi connectivity index (χ0n) is 11.8. The lowest BCUT2D eigenvalue weighted by atomic mass is 10.3. The summed E-state index contributed by atoms with van der Waals surface area (Å²) in [6, 6.07) is 12.6. The molecule has 0 amide bonds. The lowest BCUT2D eigenvalue weighted by Crippen LogP contribution is -2.31. The first-order chi connectivity index (χ1) is 10.1. The lowest BCUT2D eigenvalue weighted by molar-refractivity contribution is 0.590. The number of unbranched alkanes of at least 4 members (excludes halogenated alkanes) is 1. The molecule has 0 atom stereocenters. The molecule has 0 bridgehead atoms. The number of hydrogen-bond acceptors (Lipinski definition) is 3. The Bertz CT molecular complexity index is 668. The summed E-state index contributed by atoms with van der Waals surface area (Å²) >= 11 is 7.01. The van der Waals surface area contributed by atoms with E-state index >= 15 is 0 Å². The Kier molecular flexibility index (Phi) is 5.67. The van der Waals surface area contributed by atoms with Crippen molar-refractivity contribution in [2.45, 2.75) is 29.9 Å². The average Bonchev–Trinajstić information content (AvgIpc) is 2.98. The third-order valence-electron chi connectivity index (χ3n) is 3.07. The molecule has 0 aliphatic carbocycles. The molecule has 114 valence electrons. The Morgan fingerprint density at radius 3 is 2.43 bits per heavy atom. The van der Waals surface area contributed by atoms with Gasteiger partial charge in [0, 0.05) is 11.4 Å². The van der Waals surface area contributed by atoms with Gasteiger partial charge in [0.2, 0.25) is 0 Å². The molecule has 0 unspecified atom stereocenters. The highest BCUT2D eigenvalue weighted by atomic mass is 35.5. The van der Waals surface area contributed by atoms with E-state index in [1.807, 2.05) is 37.3 Å². The first kappa shape index (κ1) is 16.3. The van der Waals surface area contributed by atoms with Gasteiger partial charge in [-0.1, -0.05) is 31.5 Å². The topological polar surface area (TPSA) is 37.4 Å². The molecule has 0 aliphatic heterocycles. The zero-order chi connectivity index (χ0) is 15.3. The van der Waals surface area contributed by atoms with Crippen LogP contribution in [0.2, 0.25) is 0 Å². The third-order valence-corrected chi connectivity index (χ3v) is 6.90. The van der Waals surface area contributed by atoms with Crippen LogP contribution in [0.5, 0.6) is 0 Å². The average molecular weight is 344 g/mol. The van der Waals surface area contributed by atoms with Gasteiger partial charge in [0.15, 0.2) is 0 Å². The van der Waals surface area contributed by atoms with Gasteiger partial charge in [-0.3, -0.25) is 4.31 Å². The molecule has 3 nitrogen and oxygen atoms in total. The van der Waals surface area contributed by atoms with Crippen LogP contribution in [0.25, 0.3) is 0 Å². The van der Waals surface area contributed by atoms with Crippen molar-refractivity contribution in [3.63, 3.8) is 0 Å². The van der Waals surface area contributed by atoms with E-state index in [1.165, 1.54) is 15.6 Å². The van der Waals surface area contributed by atoms with Crippen LogP contribution in [0.4, 0.5) is 5.69 Å². The van der Waals surface area contributed by atoms with Gasteiger partial charge >= 0.3 is 0 Å². The number of alkyl halides is 1. The fourth-order valence-electron chi connectivity index (χ4n) is 1.96. The molecular weight excluding hydrogens is 326 g/mol. The SMILES string of the molecule is CCCCN(c1ccccc1)S(=O)(=O)c1ccc(CCl)s1. The first-order valence-corrected chi connectivity index (χ1v) is 9.61.